The van der Waals surface area contributed by atoms with Crippen LogP contribution in [0.15, 0.2) is 41.3 Å². The molecule has 2 aromatic rings. The van der Waals surface area contributed by atoms with Gasteiger partial charge in [0.15, 0.2) is 0 Å². The predicted octanol–water partition coefficient (Wildman–Crippen LogP) is 4.80. The van der Waals surface area contributed by atoms with E-state index in [1.54, 1.807) is 0 Å². The van der Waals surface area contributed by atoms with E-state index in [0.29, 0.717) is 6.07 Å². The van der Waals surface area contributed by atoms with Gasteiger partial charge in [-0.2, -0.15) is 34.8 Å². The maximum absolute atomic E-state index is 13.9. The monoisotopic (exact) mass is 422 g/mol. The van der Waals surface area contributed by atoms with Gasteiger partial charge in [0.25, 0.3) is 10.1 Å². The first-order valence-electron chi connectivity index (χ1n) is 7.02. The van der Waals surface area contributed by atoms with Gasteiger partial charge in [0.2, 0.25) is 0 Å². The van der Waals surface area contributed by atoms with Crippen LogP contribution in [0.5, 0.6) is 0 Å². The van der Waals surface area contributed by atoms with Crippen LogP contribution in [0.25, 0.3) is 10.8 Å². The molecule has 0 saturated heterocycles. The molecule has 12 heteroatoms. The Bertz CT molecular complexity index is 957. The maximum atomic E-state index is 13.9. The van der Waals surface area contributed by atoms with Crippen LogP contribution >= 0.6 is 0 Å². The average molecular weight is 422 g/mol. The average Bonchev–Trinajstić information content (AvgIpc) is 2.52. The summed E-state index contributed by atoms with van der Waals surface area (Å²) >= 11 is 0. The van der Waals surface area contributed by atoms with Crippen LogP contribution in [0, 0.1) is 0 Å². The Labute approximate surface area is 147 Å². The fourth-order valence-electron chi connectivity index (χ4n) is 2.46. The number of halogens is 8. The fraction of sp³-hybridized carbons (Fsp3) is 0.333. The van der Waals surface area contributed by atoms with Gasteiger partial charge in [-0.3, -0.25) is 4.55 Å². The molecule has 1 N–H and O–H groups in total. The largest absolute Gasteiger partial charge is 0.378 e. The topological polar surface area (TPSA) is 54.4 Å². The van der Waals surface area contributed by atoms with Gasteiger partial charge in [-0.05, 0) is 10.9 Å². The van der Waals surface area contributed by atoms with Crippen LogP contribution in [0.2, 0.25) is 0 Å². The van der Waals surface area contributed by atoms with E-state index in [4.69, 9.17) is 0 Å². The molecular weight excluding hydrogens is 412 g/mol. The minimum atomic E-state index is -6.49. The van der Waals surface area contributed by atoms with Gasteiger partial charge >= 0.3 is 24.2 Å². The molecule has 0 amide bonds. The normalized spacial score (nSPS) is 14.1. The molecule has 2 rings (SSSR count). The summed E-state index contributed by atoms with van der Waals surface area (Å²) < 4.78 is 137. The summed E-state index contributed by atoms with van der Waals surface area (Å²) in [5.74, 6) is -18.6. The number of rotatable bonds is 6. The lowest BCUT2D eigenvalue weighted by Gasteiger charge is -2.32. The van der Waals surface area contributed by atoms with Crippen molar-refractivity contribution >= 4 is 20.9 Å². The smallest absolute Gasteiger partial charge is 0.282 e. The van der Waals surface area contributed by atoms with Gasteiger partial charge in [0, 0.05) is 11.8 Å². The summed E-state index contributed by atoms with van der Waals surface area (Å²) in [6.45, 7) is 0. The molecule has 3 nitrogen and oxygen atoms in total. The number of hydrogen-bond donors (Lipinski definition) is 1. The Morgan fingerprint density at radius 3 is 2.00 bits per heavy atom. The van der Waals surface area contributed by atoms with Gasteiger partial charge < -0.3 is 0 Å². The quantitative estimate of drug-likeness (QED) is 0.538. The lowest BCUT2D eigenvalue weighted by Crippen LogP contribution is -2.58. The van der Waals surface area contributed by atoms with Crippen LogP contribution in [-0.4, -0.2) is 37.2 Å². The van der Waals surface area contributed by atoms with Gasteiger partial charge in [-0.15, -0.1) is 0 Å². The Hall–Kier alpha value is -1.95. The van der Waals surface area contributed by atoms with E-state index in [1.807, 2.05) is 0 Å². The van der Waals surface area contributed by atoms with Crippen LogP contribution < -0.4 is 0 Å². The molecule has 2 aromatic carbocycles. The van der Waals surface area contributed by atoms with E-state index < -0.39 is 51.2 Å². The summed E-state index contributed by atoms with van der Waals surface area (Å²) in [5.41, 5.74) is -1.13. The molecule has 0 aromatic heterocycles. The van der Waals surface area contributed by atoms with Crippen molar-refractivity contribution in [1.29, 1.82) is 0 Å². The molecule has 0 radical (unpaired) electrons. The van der Waals surface area contributed by atoms with E-state index in [-0.39, 0.29) is 10.8 Å². The molecule has 0 unspecified atom stereocenters. The highest BCUT2D eigenvalue weighted by atomic mass is 32.2. The van der Waals surface area contributed by atoms with Crippen molar-refractivity contribution in [3.05, 3.63) is 42.0 Å². The standard InChI is InChI=1S/C15H10F8O3S/c16-12(17)14(20,21)15(22,23)13(18,19)7-9-6-5-8-3-1-2-4-10(8)11(9)27(24,25)26/h1-6,12H,7H2,(H,24,25,26). The summed E-state index contributed by atoms with van der Waals surface area (Å²) in [4.78, 5) is -1.20. The van der Waals surface area contributed by atoms with Crippen LogP contribution in [0.4, 0.5) is 35.1 Å². The van der Waals surface area contributed by atoms with Crippen molar-refractivity contribution in [2.24, 2.45) is 0 Å². The van der Waals surface area contributed by atoms with Crippen molar-refractivity contribution in [2.45, 2.75) is 35.5 Å². The van der Waals surface area contributed by atoms with E-state index in [0.717, 1.165) is 12.1 Å². The molecule has 0 bridgehead atoms. The van der Waals surface area contributed by atoms with Gasteiger partial charge in [0.05, 0.1) is 0 Å². The minimum absolute atomic E-state index is 0.113. The fourth-order valence-corrected chi connectivity index (χ4v) is 3.40. The van der Waals surface area contributed by atoms with E-state index in [1.165, 1.54) is 18.2 Å². The van der Waals surface area contributed by atoms with Crippen molar-refractivity contribution in [3.63, 3.8) is 0 Å². The summed E-state index contributed by atoms with van der Waals surface area (Å²) in [6.07, 6.45) is -7.42. The molecular formula is C15H10F8O3S. The molecule has 0 heterocycles. The first-order chi connectivity index (χ1) is 12.1. The van der Waals surface area contributed by atoms with Crippen LogP contribution in [-0.2, 0) is 16.5 Å². The maximum Gasteiger partial charge on any atom is 0.378 e. The van der Waals surface area contributed by atoms with Crippen LogP contribution in [0.3, 0.4) is 0 Å². The molecule has 0 aliphatic carbocycles. The Kier molecular flexibility index (Phi) is 5.21. The highest BCUT2D eigenvalue weighted by Gasteiger charge is 2.75. The molecule has 0 spiro atoms. The highest BCUT2D eigenvalue weighted by Crippen LogP contribution is 2.50. The third-order valence-corrected chi connectivity index (χ3v) is 4.78. The molecule has 0 fully saturated rings. The van der Waals surface area contributed by atoms with Crippen molar-refractivity contribution in [1.82, 2.24) is 0 Å². The first-order valence-corrected chi connectivity index (χ1v) is 8.46. The van der Waals surface area contributed by atoms with E-state index >= 15 is 0 Å². The van der Waals surface area contributed by atoms with Gasteiger partial charge in [-0.25, -0.2) is 8.78 Å². The third kappa shape index (κ3) is 3.59. The SMILES string of the molecule is O=S(=O)(O)c1c(CC(F)(F)C(F)(F)C(F)(F)C(F)F)ccc2ccccc12. The first kappa shape index (κ1) is 21.4. The zero-order valence-electron chi connectivity index (χ0n) is 12.9. The van der Waals surface area contributed by atoms with Gasteiger partial charge in [-0.1, -0.05) is 36.4 Å². The van der Waals surface area contributed by atoms with Crippen molar-refractivity contribution < 1.29 is 48.1 Å². The molecule has 150 valence electrons. The molecule has 0 aliphatic heterocycles. The third-order valence-electron chi connectivity index (χ3n) is 3.78. The summed E-state index contributed by atoms with van der Waals surface area (Å²) in [6, 6.07) is 6.67. The Morgan fingerprint density at radius 1 is 0.926 bits per heavy atom. The Balaban J connectivity index is 2.65. The zero-order chi connectivity index (χ0) is 20.8. The molecule has 0 aliphatic rings. The second kappa shape index (κ2) is 6.59. The Morgan fingerprint density at radius 2 is 1.48 bits per heavy atom. The molecule has 27 heavy (non-hydrogen) atoms. The van der Waals surface area contributed by atoms with E-state index in [9.17, 15) is 48.1 Å². The number of alkyl halides is 8. The highest BCUT2D eigenvalue weighted by molar-refractivity contribution is 7.86. The predicted molar refractivity (Wildman–Crippen MR) is 78.3 cm³/mol. The lowest BCUT2D eigenvalue weighted by atomic mass is 9.96. The minimum Gasteiger partial charge on any atom is -0.282 e. The lowest BCUT2D eigenvalue weighted by molar-refractivity contribution is -0.337. The summed E-state index contributed by atoms with van der Waals surface area (Å²) in [5, 5.41) is -0.223. The van der Waals surface area contributed by atoms with Crippen LogP contribution in [0.1, 0.15) is 5.56 Å². The molecule has 0 saturated carbocycles. The van der Waals surface area contributed by atoms with Crippen molar-refractivity contribution in [3.8, 4) is 0 Å². The summed E-state index contributed by atoms with van der Waals surface area (Å²) in [7, 11) is -5.24. The zero-order valence-corrected chi connectivity index (χ0v) is 13.8. The second-order valence-electron chi connectivity index (χ2n) is 5.63. The number of benzene rings is 2. The number of hydrogen-bond acceptors (Lipinski definition) is 2. The van der Waals surface area contributed by atoms with Gasteiger partial charge in [0.1, 0.15) is 4.90 Å². The van der Waals surface area contributed by atoms with Crippen molar-refractivity contribution in [2.75, 3.05) is 0 Å². The number of fused-ring (bicyclic) bond motifs is 1. The second-order valence-corrected chi connectivity index (χ2v) is 6.99. The van der Waals surface area contributed by atoms with E-state index in [2.05, 4.69) is 0 Å². The molecule has 0 atom stereocenters.